The molecule has 0 bridgehead atoms. The molecule has 2 N–H and O–H groups in total. The van der Waals surface area contributed by atoms with Gasteiger partial charge in [-0.3, -0.25) is 4.79 Å². The number of hydrogen-bond acceptors (Lipinski definition) is 11. The fourth-order valence-corrected chi connectivity index (χ4v) is 4.96. The highest BCUT2D eigenvalue weighted by Gasteiger charge is 2.23. The third kappa shape index (κ3) is 8.28. The number of rotatable bonds is 13. The molecule has 0 radical (unpaired) electrons. The second kappa shape index (κ2) is 14.6. The van der Waals surface area contributed by atoms with Crippen LogP contribution in [0.15, 0.2) is 47.5 Å². The lowest BCUT2D eigenvalue weighted by atomic mass is 10.2. The first-order chi connectivity index (χ1) is 20.4. The molecule has 2 aromatic carbocycles. The summed E-state index contributed by atoms with van der Waals surface area (Å²) < 4.78 is 64.2. The highest BCUT2D eigenvalue weighted by molar-refractivity contribution is 7.91. The maximum atomic E-state index is 14.2. The predicted molar refractivity (Wildman–Crippen MR) is 158 cm³/mol. The average Bonchev–Trinajstić information content (AvgIpc) is 2.97. The highest BCUT2D eigenvalue weighted by Crippen LogP contribution is 2.39. The Hall–Kier alpha value is -4.53. The Morgan fingerprint density at radius 2 is 1.67 bits per heavy atom. The van der Waals surface area contributed by atoms with Crippen molar-refractivity contribution in [3.05, 3.63) is 54.2 Å². The number of carbonyl (C=O) groups excluding carboxylic acids is 2. The van der Waals surface area contributed by atoms with Gasteiger partial charge in [-0.1, -0.05) is 19.1 Å². The summed E-state index contributed by atoms with van der Waals surface area (Å²) in [4.78, 5) is 35.9. The monoisotopic (exact) mass is 620 g/mol. The van der Waals surface area contributed by atoms with Crippen LogP contribution in [-0.2, 0) is 14.6 Å². The lowest BCUT2D eigenvalue weighted by molar-refractivity contribution is -0.134. The summed E-state index contributed by atoms with van der Waals surface area (Å²) >= 11 is 0. The van der Waals surface area contributed by atoms with Crippen molar-refractivity contribution in [3.8, 4) is 11.5 Å². The Bertz CT molecular complexity index is 1570. The molecule has 0 unspecified atom stereocenters. The van der Waals surface area contributed by atoms with Crippen LogP contribution in [0.5, 0.6) is 11.5 Å². The summed E-state index contributed by atoms with van der Waals surface area (Å²) in [7, 11) is -1.19. The van der Waals surface area contributed by atoms with Crippen molar-refractivity contribution in [2.75, 3.05) is 55.0 Å². The van der Waals surface area contributed by atoms with Crippen LogP contribution in [0, 0.1) is 11.6 Å². The van der Waals surface area contributed by atoms with Crippen LogP contribution in [0.2, 0.25) is 0 Å². The van der Waals surface area contributed by atoms with Crippen molar-refractivity contribution >= 4 is 45.0 Å². The van der Waals surface area contributed by atoms with Gasteiger partial charge in [0.1, 0.15) is 4.90 Å². The first-order valence-corrected chi connectivity index (χ1v) is 15.1. The van der Waals surface area contributed by atoms with E-state index in [0.717, 1.165) is 18.2 Å². The molecule has 0 spiro atoms. The third-order valence-corrected chi connectivity index (χ3v) is 7.79. The molecule has 232 valence electrons. The van der Waals surface area contributed by atoms with Gasteiger partial charge in [0.15, 0.2) is 38.8 Å². The molecule has 0 atom stereocenters. The number of esters is 1. The fraction of sp³-hybridized carbons (Fsp3) is 0.357. The summed E-state index contributed by atoms with van der Waals surface area (Å²) in [6, 6.07) is 7.56. The van der Waals surface area contributed by atoms with Crippen LogP contribution < -0.4 is 25.0 Å². The Balaban J connectivity index is 1.99. The Morgan fingerprint density at radius 1 is 0.977 bits per heavy atom. The fourth-order valence-electron chi connectivity index (χ4n) is 3.71. The normalized spacial score (nSPS) is 11.0. The number of nitrogens with one attached hydrogen (secondary N) is 2. The van der Waals surface area contributed by atoms with Crippen molar-refractivity contribution in [1.29, 1.82) is 0 Å². The van der Waals surface area contributed by atoms with Gasteiger partial charge in [0, 0.05) is 40.2 Å². The largest absolute Gasteiger partial charge is 0.420 e. The molecule has 1 aromatic heterocycles. The maximum Gasteiger partial charge on any atom is 0.414 e. The Kier molecular flexibility index (Phi) is 11.2. The van der Waals surface area contributed by atoms with Gasteiger partial charge in [-0.15, -0.1) is 0 Å². The Morgan fingerprint density at radius 3 is 2.33 bits per heavy atom. The molecule has 0 saturated carbocycles. The van der Waals surface area contributed by atoms with Crippen molar-refractivity contribution < 1.29 is 36.3 Å². The zero-order chi connectivity index (χ0) is 31.7. The topological polar surface area (TPSA) is 143 Å². The minimum absolute atomic E-state index is 0.0266. The van der Waals surface area contributed by atoms with E-state index in [9.17, 15) is 26.8 Å². The van der Waals surface area contributed by atoms with E-state index < -0.39 is 44.2 Å². The molecular formula is C28H34F2N6O6S. The second-order valence-electron chi connectivity index (χ2n) is 9.25. The molecule has 12 nitrogen and oxygen atoms in total. The standard InChI is InChI=1S/C28H34F2N6O6S/c1-6-23(37)42-25-19(12-10-13-21(25)41-28(38)35(4)5)33-26-20(17-32-27(34-26)36(7-2)8-3)31-15-16-43(39,40)22-14-9-11-18(29)24(22)30/h9-14,17,31H,6-8,15-16H2,1-5H3,(H,32,33,34). The first kappa shape index (κ1) is 33.0. The van der Waals surface area contributed by atoms with E-state index in [-0.39, 0.29) is 41.7 Å². The van der Waals surface area contributed by atoms with E-state index >= 15 is 0 Å². The SMILES string of the molecule is CCC(=O)Oc1c(Nc2nc(N(CC)CC)ncc2NCCS(=O)(=O)c2cccc(F)c2F)cccc1OC(=O)N(C)C. The average molecular weight is 621 g/mol. The number of nitrogens with zero attached hydrogens (tertiary/aromatic N) is 4. The number of ether oxygens (including phenoxy) is 2. The van der Waals surface area contributed by atoms with Gasteiger partial charge in [0.25, 0.3) is 0 Å². The molecule has 0 aliphatic rings. The number of aromatic nitrogens is 2. The summed E-state index contributed by atoms with van der Waals surface area (Å²) in [5, 5.41) is 6.00. The van der Waals surface area contributed by atoms with Crippen LogP contribution in [0.1, 0.15) is 27.2 Å². The summed E-state index contributed by atoms with van der Waals surface area (Å²) in [6.45, 7) is 6.43. The molecule has 1 amide bonds. The zero-order valence-electron chi connectivity index (χ0n) is 24.5. The summed E-state index contributed by atoms with van der Waals surface area (Å²) in [5.74, 6) is -3.43. The zero-order valence-corrected chi connectivity index (χ0v) is 25.3. The molecule has 0 aliphatic carbocycles. The lowest BCUT2D eigenvalue weighted by Gasteiger charge is -2.22. The van der Waals surface area contributed by atoms with Gasteiger partial charge in [-0.25, -0.2) is 27.0 Å². The number of amides is 1. The lowest BCUT2D eigenvalue weighted by Crippen LogP contribution is -2.26. The Labute approximate surface area is 248 Å². The van der Waals surface area contributed by atoms with Crippen LogP contribution in [0.4, 0.5) is 36.7 Å². The van der Waals surface area contributed by atoms with E-state index in [0.29, 0.717) is 19.0 Å². The number of benzene rings is 2. The van der Waals surface area contributed by atoms with Gasteiger partial charge >= 0.3 is 12.1 Å². The summed E-state index contributed by atoms with van der Waals surface area (Å²) in [5.41, 5.74) is 0.474. The van der Waals surface area contributed by atoms with E-state index in [1.807, 2.05) is 18.7 Å². The number of hydrogen-bond donors (Lipinski definition) is 2. The minimum Gasteiger partial charge on any atom is -0.420 e. The molecule has 1 heterocycles. The maximum absolute atomic E-state index is 14.2. The van der Waals surface area contributed by atoms with Crippen LogP contribution in [0.25, 0.3) is 0 Å². The second-order valence-corrected chi connectivity index (χ2v) is 11.3. The minimum atomic E-state index is -4.19. The molecule has 0 fully saturated rings. The van der Waals surface area contributed by atoms with Gasteiger partial charge in [-0.05, 0) is 38.1 Å². The molecule has 43 heavy (non-hydrogen) atoms. The van der Waals surface area contributed by atoms with Crippen molar-refractivity contribution in [2.45, 2.75) is 32.1 Å². The van der Waals surface area contributed by atoms with Crippen LogP contribution in [0.3, 0.4) is 0 Å². The number of halogens is 2. The van der Waals surface area contributed by atoms with E-state index in [2.05, 4.69) is 20.6 Å². The first-order valence-electron chi connectivity index (χ1n) is 13.4. The quantitative estimate of drug-likeness (QED) is 0.204. The highest BCUT2D eigenvalue weighted by atomic mass is 32.2. The van der Waals surface area contributed by atoms with Gasteiger partial charge in [0.05, 0.1) is 23.3 Å². The van der Waals surface area contributed by atoms with Crippen molar-refractivity contribution in [2.24, 2.45) is 0 Å². The molecule has 0 saturated heterocycles. The predicted octanol–water partition coefficient (Wildman–Crippen LogP) is 4.61. The molecule has 3 aromatic rings. The smallest absolute Gasteiger partial charge is 0.414 e. The third-order valence-electron chi connectivity index (χ3n) is 6.06. The van der Waals surface area contributed by atoms with E-state index in [1.165, 1.54) is 31.3 Å². The van der Waals surface area contributed by atoms with Gasteiger partial charge in [0.2, 0.25) is 5.95 Å². The van der Waals surface area contributed by atoms with E-state index in [1.54, 1.807) is 19.1 Å². The van der Waals surface area contributed by atoms with Crippen LogP contribution in [-0.4, -0.2) is 74.8 Å². The van der Waals surface area contributed by atoms with E-state index in [4.69, 9.17) is 9.47 Å². The van der Waals surface area contributed by atoms with Gasteiger partial charge < -0.3 is 29.9 Å². The molecule has 3 rings (SSSR count). The van der Waals surface area contributed by atoms with Crippen LogP contribution >= 0.6 is 0 Å². The number of carbonyl (C=O) groups is 2. The van der Waals surface area contributed by atoms with Crippen molar-refractivity contribution in [1.82, 2.24) is 14.9 Å². The number of sulfone groups is 1. The molecular weight excluding hydrogens is 586 g/mol. The molecule has 15 heteroatoms. The number of para-hydroxylation sites is 1. The number of anilines is 4. The van der Waals surface area contributed by atoms with Crippen molar-refractivity contribution in [3.63, 3.8) is 0 Å². The molecule has 0 aliphatic heterocycles. The summed E-state index contributed by atoms with van der Waals surface area (Å²) in [6.07, 6.45) is 0.781. The van der Waals surface area contributed by atoms with Gasteiger partial charge in [-0.2, -0.15) is 4.98 Å².